The Hall–Kier alpha value is -2.99. The van der Waals surface area contributed by atoms with Gasteiger partial charge in [-0.15, -0.1) is 11.3 Å². The van der Waals surface area contributed by atoms with Gasteiger partial charge in [0.15, 0.2) is 0 Å². The van der Waals surface area contributed by atoms with E-state index in [-0.39, 0.29) is 15.6 Å². The zero-order valence-corrected chi connectivity index (χ0v) is 21.0. The molecule has 1 amide bonds. The highest BCUT2D eigenvalue weighted by Gasteiger charge is 2.27. The number of halogens is 1. The molecule has 3 heterocycles. The lowest BCUT2D eigenvalue weighted by Crippen LogP contribution is -2.35. The SMILES string of the molecule is O=C(c1ccc(S(=O)(=O)N2CCCCC2)cc1)N(/N=C/c1cccs1)c1nc2ccc(F)cc2s1. The molecular formula is C24H21FN4O3S3. The van der Waals surface area contributed by atoms with Gasteiger partial charge >= 0.3 is 0 Å². The van der Waals surface area contributed by atoms with Crippen LogP contribution in [0.15, 0.2) is 70.0 Å². The van der Waals surface area contributed by atoms with Gasteiger partial charge < -0.3 is 0 Å². The highest BCUT2D eigenvalue weighted by molar-refractivity contribution is 7.89. The summed E-state index contributed by atoms with van der Waals surface area (Å²) in [4.78, 5) is 18.9. The van der Waals surface area contributed by atoms with Crippen molar-refractivity contribution in [2.24, 2.45) is 5.10 Å². The molecule has 35 heavy (non-hydrogen) atoms. The van der Waals surface area contributed by atoms with E-state index in [1.165, 1.54) is 52.0 Å². The van der Waals surface area contributed by atoms with Crippen molar-refractivity contribution in [1.29, 1.82) is 0 Å². The Morgan fingerprint density at radius 1 is 1.09 bits per heavy atom. The van der Waals surface area contributed by atoms with Gasteiger partial charge in [-0.1, -0.05) is 23.8 Å². The third-order valence-electron chi connectivity index (χ3n) is 5.61. The van der Waals surface area contributed by atoms with Crippen LogP contribution >= 0.6 is 22.7 Å². The number of hydrazone groups is 1. The summed E-state index contributed by atoms with van der Waals surface area (Å²) in [6.07, 6.45) is 4.28. The van der Waals surface area contributed by atoms with Crippen LogP contribution in [0, 0.1) is 5.82 Å². The van der Waals surface area contributed by atoms with Gasteiger partial charge in [0.1, 0.15) is 5.82 Å². The van der Waals surface area contributed by atoms with Crippen LogP contribution < -0.4 is 5.01 Å². The number of thiophene rings is 1. The Kier molecular flexibility index (Phi) is 6.74. The molecule has 0 saturated carbocycles. The van der Waals surface area contributed by atoms with Crippen LogP contribution in [0.2, 0.25) is 0 Å². The molecule has 0 bridgehead atoms. The maximum Gasteiger partial charge on any atom is 0.280 e. The number of rotatable bonds is 6. The zero-order valence-electron chi connectivity index (χ0n) is 18.5. The van der Waals surface area contributed by atoms with Crippen LogP contribution in [0.25, 0.3) is 10.2 Å². The molecule has 1 aliphatic rings. The number of carbonyl (C=O) groups excluding carboxylic acids is 1. The Labute approximate surface area is 210 Å². The fraction of sp³-hybridized carbons (Fsp3) is 0.208. The van der Waals surface area contributed by atoms with Gasteiger partial charge in [-0.25, -0.2) is 17.8 Å². The van der Waals surface area contributed by atoms with E-state index in [0.717, 1.165) is 40.5 Å². The first-order valence-corrected chi connectivity index (χ1v) is 14.1. The Bertz CT molecular complexity index is 1480. The number of fused-ring (bicyclic) bond motifs is 1. The fourth-order valence-corrected chi connectivity index (χ4v) is 6.83. The molecule has 0 unspecified atom stereocenters. The predicted molar refractivity (Wildman–Crippen MR) is 137 cm³/mol. The Balaban J connectivity index is 1.47. The standard InChI is InChI=1S/C24H21FN4O3S3/c25-18-8-11-21-22(15-18)34-24(27-21)29(26-16-19-5-4-14-33-19)23(30)17-6-9-20(10-7-17)35(31,32)28-12-2-1-3-13-28/h4-11,14-16H,1-3,12-13H2/b26-16+. The first kappa shape index (κ1) is 23.7. The second-order valence-corrected chi connectivity index (χ2v) is 11.9. The topological polar surface area (TPSA) is 82.9 Å². The minimum absolute atomic E-state index is 0.153. The van der Waals surface area contributed by atoms with Crippen molar-refractivity contribution in [3.63, 3.8) is 0 Å². The smallest absolute Gasteiger partial charge is 0.267 e. The molecule has 1 saturated heterocycles. The second kappa shape index (κ2) is 9.94. The van der Waals surface area contributed by atoms with Crippen LogP contribution in [-0.2, 0) is 10.0 Å². The van der Waals surface area contributed by atoms with Gasteiger partial charge in [-0.2, -0.15) is 14.4 Å². The molecule has 1 aliphatic heterocycles. The molecule has 11 heteroatoms. The van der Waals surface area contributed by atoms with Gasteiger partial charge in [0.2, 0.25) is 15.2 Å². The quantitative estimate of drug-likeness (QED) is 0.249. The summed E-state index contributed by atoms with van der Waals surface area (Å²) in [5.41, 5.74) is 0.815. The third-order valence-corrected chi connectivity index (χ3v) is 9.32. The van der Waals surface area contributed by atoms with Gasteiger partial charge in [0, 0.05) is 23.5 Å². The molecule has 5 rings (SSSR count). The minimum atomic E-state index is -3.60. The normalized spacial score (nSPS) is 15.1. The Morgan fingerprint density at radius 2 is 1.86 bits per heavy atom. The summed E-state index contributed by atoms with van der Waals surface area (Å²) < 4.78 is 41.7. The minimum Gasteiger partial charge on any atom is -0.267 e. The first-order valence-electron chi connectivity index (χ1n) is 11.0. The first-order chi connectivity index (χ1) is 16.9. The molecule has 0 aliphatic carbocycles. The highest BCUT2D eigenvalue weighted by Crippen LogP contribution is 2.31. The maximum atomic E-state index is 13.7. The number of carbonyl (C=O) groups is 1. The maximum absolute atomic E-state index is 13.7. The second-order valence-electron chi connectivity index (χ2n) is 7.97. The van der Waals surface area contributed by atoms with E-state index in [1.807, 2.05) is 17.5 Å². The number of sulfonamides is 1. The molecule has 0 atom stereocenters. The van der Waals surface area contributed by atoms with Crippen LogP contribution in [0.5, 0.6) is 0 Å². The Morgan fingerprint density at radius 3 is 2.57 bits per heavy atom. The summed E-state index contributed by atoms with van der Waals surface area (Å²) >= 11 is 2.61. The van der Waals surface area contributed by atoms with Crippen molar-refractivity contribution in [3.8, 4) is 0 Å². The summed E-state index contributed by atoms with van der Waals surface area (Å²) in [7, 11) is -3.60. The van der Waals surface area contributed by atoms with Gasteiger partial charge in [0.05, 0.1) is 21.3 Å². The number of hydrogen-bond donors (Lipinski definition) is 0. The van der Waals surface area contributed by atoms with Crippen molar-refractivity contribution in [3.05, 3.63) is 76.2 Å². The fourth-order valence-electron chi connectivity index (χ4n) is 3.79. The molecule has 2 aromatic carbocycles. The number of hydrogen-bond acceptors (Lipinski definition) is 7. The average molecular weight is 529 g/mol. The lowest BCUT2D eigenvalue weighted by molar-refractivity contribution is 0.0987. The summed E-state index contributed by atoms with van der Waals surface area (Å²) in [6.45, 7) is 1.01. The molecule has 4 aromatic rings. The number of amides is 1. The number of benzene rings is 2. The summed E-state index contributed by atoms with van der Waals surface area (Å²) in [5.74, 6) is -0.863. The predicted octanol–water partition coefficient (Wildman–Crippen LogP) is 5.35. The molecule has 0 N–H and O–H groups in total. The third kappa shape index (κ3) is 5.03. The summed E-state index contributed by atoms with van der Waals surface area (Å²) in [5, 5.41) is 7.72. The molecule has 180 valence electrons. The van der Waals surface area contributed by atoms with Crippen molar-refractivity contribution < 1.29 is 17.6 Å². The van der Waals surface area contributed by atoms with E-state index in [2.05, 4.69) is 10.1 Å². The van der Waals surface area contributed by atoms with Crippen molar-refractivity contribution in [2.45, 2.75) is 24.2 Å². The lowest BCUT2D eigenvalue weighted by Gasteiger charge is -2.25. The van der Waals surface area contributed by atoms with Gasteiger partial charge in [0.25, 0.3) is 5.91 Å². The molecule has 7 nitrogen and oxygen atoms in total. The molecule has 0 radical (unpaired) electrons. The van der Waals surface area contributed by atoms with Crippen molar-refractivity contribution in [1.82, 2.24) is 9.29 Å². The average Bonchev–Trinajstić information content (AvgIpc) is 3.54. The van der Waals surface area contributed by atoms with Crippen LogP contribution in [0.1, 0.15) is 34.5 Å². The monoisotopic (exact) mass is 528 g/mol. The van der Waals surface area contributed by atoms with Crippen LogP contribution in [0.4, 0.5) is 9.52 Å². The summed E-state index contributed by atoms with van der Waals surface area (Å²) in [6, 6.07) is 13.8. The van der Waals surface area contributed by atoms with Crippen molar-refractivity contribution >= 4 is 60.2 Å². The van der Waals surface area contributed by atoms with Crippen LogP contribution in [-0.4, -0.2) is 42.9 Å². The number of nitrogens with zero attached hydrogens (tertiary/aromatic N) is 4. The van der Waals surface area contributed by atoms with Crippen molar-refractivity contribution in [2.75, 3.05) is 18.1 Å². The molecule has 0 spiro atoms. The van der Waals surface area contributed by atoms with E-state index in [0.29, 0.717) is 23.3 Å². The zero-order chi connectivity index (χ0) is 24.4. The number of aromatic nitrogens is 1. The van der Waals surface area contributed by atoms with Gasteiger partial charge in [-0.05, 0) is 66.8 Å². The number of anilines is 1. The van der Waals surface area contributed by atoms with E-state index in [9.17, 15) is 17.6 Å². The van der Waals surface area contributed by atoms with E-state index < -0.39 is 21.7 Å². The number of piperidine rings is 1. The van der Waals surface area contributed by atoms with Gasteiger partial charge in [-0.3, -0.25) is 4.79 Å². The highest BCUT2D eigenvalue weighted by atomic mass is 32.2. The lowest BCUT2D eigenvalue weighted by atomic mass is 10.2. The van der Waals surface area contributed by atoms with E-state index >= 15 is 0 Å². The largest absolute Gasteiger partial charge is 0.280 e. The number of thiazole rings is 1. The van der Waals surface area contributed by atoms with E-state index in [4.69, 9.17) is 0 Å². The van der Waals surface area contributed by atoms with E-state index in [1.54, 1.807) is 12.3 Å². The van der Waals surface area contributed by atoms with Crippen LogP contribution in [0.3, 0.4) is 0 Å². The molecular weight excluding hydrogens is 507 g/mol. The molecule has 2 aromatic heterocycles. The molecule has 1 fully saturated rings.